The predicted molar refractivity (Wildman–Crippen MR) is 200 cm³/mol. The van der Waals surface area contributed by atoms with Crippen molar-refractivity contribution in [2.45, 2.75) is 82.1 Å². The molecule has 3 aliphatic rings. The van der Waals surface area contributed by atoms with Crippen LogP contribution in [0.1, 0.15) is 45.6 Å². The molecule has 0 aliphatic carbocycles. The average Bonchev–Trinajstić information content (AvgIpc) is 3.81. The molecule has 53 heavy (non-hydrogen) atoms. The molecule has 4 heterocycles. The van der Waals surface area contributed by atoms with E-state index >= 15 is 0 Å². The number of carbonyl (C=O) groups is 3. The van der Waals surface area contributed by atoms with Crippen LogP contribution in [0.15, 0.2) is 66.3 Å². The van der Waals surface area contributed by atoms with E-state index in [0.717, 1.165) is 16.5 Å². The highest BCUT2D eigenvalue weighted by molar-refractivity contribution is 6.35. The first kappa shape index (κ1) is 38.0. The molecular formula is C39H45ClN4O9. The minimum absolute atomic E-state index is 0.0679. The quantitative estimate of drug-likeness (QED) is 0.168. The Morgan fingerprint density at radius 3 is 2.68 bits per heavy atom. The van der Waals surface area contributed by atoms with Crippen LogP contribution in [0.25, 0.3) is 10.9 Å². The molecule has 2 saturated heterocycles. The van der Waals surface area contributed by atoms with Gasteiger partial charge in [0.1, 0.15) is 46.1 Å². The Labute approximate surface area is 313 Å². The number of rotatable bonds is 4. The smallest absolute Gasteiger partial charge is 0.413 e. The molecule has 3 aliphatic heterocycles. The van der Waals surface area contributed by atoms with Crippen LogP contribution in [0.5, 0.6) is 5.75 Å². The van der Waals surface area contributed by atoms with Crippen molar-refractivity contribution in [2.24, 2.45) is 5.92 Å². The van der Waals surface area contributed by atoms with E-state index in [1.165, 1.54) is 19.1 Å². The highest BCUT2D eigenvalue weighted by Crippen LogP contribution is 2.50. The zero-order valence-corrected chi connectivity index (χ0v) is 31.3. The summed E-state index contributed by atoms with van der Waals surface area (Å²) >= 11 is 6.76. The Morgan fingerprint density at radius 2 is 1.94 bits per heavy atom. The predicted octanol–water partition coefficient (Wildman–Crippen LogP) is 5.75. The number of pyridine rings is 1. The van der Waals surface area contributed by atoms with Gasteiger partial charge in [-0.25, -0.2) is 9.78 Å². The average molecular weight is 749 g/mol. The first-order valence-corrected chi connectivity index (χ1v) is 17.7. The highest BCUT2D eigenvalue weighted by Gasteiger charge is 2.64. The minimum Gasteiger partial charge on any atom is -0.495 e. The summed E-state index contributed by atoms with van der Waals surface area (Å²) in [6.07, 6.45) is 1.20. The van der Waals surface area contributed by atoms with E-state index in [0.29, 0.717) is 29.1 Å². The number of halogens is 1. The van der Waals surface area contributed by atoms with Gasteiger partial charge in [-0.15, -0.1) is 0 Å². The number of amides is 2. The SMILES string of the molecule is COc1cc2cc(c1Cl)N(C)C(=O)C[C@H](OC(=O)Nc1ccc3cc(N)ccc3n1)[C@]1(C)O[C@H]1[C@H](C)[C@@H]1C[C@@](O)(CC(=O)O1)[C@H](OC)/C=C/C=C(\C)C2. The fraction of sp³-hybridized carbons (Fsp3) is 0.436. The Bertz CT molecular complexity index is 1990. The van der Waals surface area contributed by atoms with Crippen molar-refractivity contribution in [2.75, 3.05) is 37.2 Å². The summed E-state index contributed by atoms with van der Waals surface area (Å²) < 4.78 is 29.3. The molecule has 4 N–H and O–H groups in total. The molecule has 13 nitrogen and oxygen atoms in total. The van der Waals surface area contributed by atoms with E-state index in [1.807, 2.05) is 26.0 Å². The number of benzene rings is 2. The normalized spacial score (nSPS) is 30.8. The van der Waals surface area contributed by atoms with Crippen LogP contribution in [-0.4, -0.2) is 84.9 Å². The number of hydrogen-bond acceptors (Lipinski definition) is 11. The molecule has 6 rings (SSSR count). The number of nitrogens with two attached hydrogens (primary N) is 1. The number of esters is 1. The second-order valence-electron chi connectivity index (χ2n) is 14.3. The summed E-state index contributed by atoms with van der Waals surface area (Å²) in [5.74, 6) is -0.855. The molecule has 2 amide bonds. The van der Waals surface area contributed by atoms with E-state index < -0.39 is 59.5 Å². The first-order valence-electron chi connectivity index (χ1n) is 17.4. The number of ether oxygens (including phenoxy) is 5. The molecule has 7 atom stereocenters. The first-order chi connectivity index (χ1) is 25.1. The van der Waals surface area contributed by atoms with E-state index in [4.69, 9.17) is 41.0 Å². The molecule has 282 valence electrons. The number of carbonyl (C=O) groups excluding carboxylic acids is 3. The van der Waals surface area contributed by atoms with E-state index in [1.54, 1.807) is 62.5 Å². The monoisotopic (exact) mass is 748 g/mol. The van der Waals surface area contributed by atoms with Crippen LogP contribution in [0.4, 0.5) is 22.0 Å². The van der Waals surface area contributed by atoms with Crippen LogP contribution in [0.3, 0.4) is 0 Å². The maximum absolute atomic E-state index is 14.1. The molecule has 0 spiro atoms. The van der Waals surface area contributed by atoms with Gasteiger partial charge in [-0.1, -0.05) is 42.3 Å². The van der Waals surface area contributed by atoms with Gasteiger partial charge < -0.3 is 39.4 Å². The largest absolute Gasteiger partial charge is 0.495 e. The second-order valence-corrected chi connectivity index (χ2v) is 14.7. The second kappa shape index (κ2) is 15.0. The van der Waals surface area contributed by atoms with Crippen molar-refractivity contribution in [1.82, 2.24) is 4.98 Å². The standard InChI is InChI=1S/C39H45ClN4O9/c1-21-8-7-9-30(50-6)39(48)19-29(51-34(46)20-39)22(2)36-38(3,53-36)31(18-33(45)44(4)27-15-23(14-21)16-28(49-5)35(27)40)52-37(47)43-32-13-10-24-17-25(41)11-12-26(24)42-32/h7-13,15-17,22,29-31,36,48H,14,18-20,41H2,1-6H3,(H,42,43,47)/b9-7+,21-8+/t22-,29+,30-,31+,36+,38+,39-/m1/s1. The molecule has 3 aromatic rings. The number of nitrogen functional groups attached to an aromatic ring is 1. The maximum Gasteiger partial charge on any atom is 0.413 e. The number of aliphatic hydroxyl groups is 1. The fourth-order valence-electron chi connectivity index (χ4n) is 7.34. The molecular weight excluding hydrogens is 704 g/mol. The van der Waals surface area contributed by atoms with Crippen LogP contribution in [0.2, 0.25) is 5.02 Å². The lowest BCUT2D eigenvalue weighted by Gasteiger charge is -2.41. The van der Waals surface area contributed by atoms with Crippen LogP contribution in [0, 0.1) is 5.92 Å². The lowest BCUT2D eigenvalue weighted by Crippen LogP contribution is -2.53. The van der Waals surface area contributed by atoms with Gasteiger partial charge in [0.15, 0.2) is 0 Å². The van der Waals surface area contributed by atoms with Gasteiger partial charge in [0.2, 0.25) is 5.91 Å². The van der Waals surface area contributed by atoms with Gasteiger partial charge in [0, 0.05) is 37.6 Å². The molecule has 0 radical (unpaired) electrons. The van der Waals surface area contributed by atoms with Crippen molar-refractivity contribution in [1.29, 1.82) is 0 Å². The Morgan fingerprint density at radius 1 is 1.17 bits per heavy atom. The lowest BCUT2D eigenvalue weighted by molar-refractivity contribution is -0.187. The zero-order valence-electron chi connectivity index (χ0n) is 30.6. The van der Waals surface area contributed by atoms with Gasteiger partial charge >= 0.3 is 12.1 Å². The molecule has 4 bridgehead atoms. The fourth-order valence-corrected chi connectivity index (χ4v) is 7.65. The lowest BCUT2D eigenvalue weighted by atomic mass is 9.78. The summed E-state index contributed by atoms with van der Waals surface area (Å²) in [4.78, 5) is 46.5. The maximum atomic E-state index is 14.1. The molecule has 2 aromatic carbocycles. The minimum atomic E-state index is -1.57. The van der Waals surface area contributed by atoms with E-state index in [-0.39, 0.29) is 30.1 Å². The summed E-state index contributed by atoms with van der Waals surface area (Å²) in [6.45, 7) is 5.52. The van der Waals surface area contributed by atoms with Crippen molar-refractivity contribution in [3.8, 4) is 5.75 Å². The number of allylic oxidation sites excluding steroid dienone is 3. The topological polar surface area (TPSA) is 175 Å². The molecule has 14 heteroatoms. The molecule has 0 unspecified atom stereocenters. The van der Waals surface area contributed by atoms with Gasteiger partial charge in [-0.3, -0.25) is 14.9 Å². The van der Waals surface area contributed by atoms with Crippen LogP contribution in [-0.2, 0) is 35.0 Å². The number of anilines is 3. The van der Waals surface area contributed by atoms with Gasteiger partial charge in [-0.2, -0.15) is 0 Å². The van der Waals surface area contributed by atoms with Gasteiger partial charge in [0.25, 0.3) is 0 Å². The number of aromatic nitrogens is 1. The Balaban J connectivity index is 1.36. The third-order valence-electron chi connectivity index (χ3n) is 10.4. The number of epoxide rings is 1. The van der Waals surface area contributed by atoms with Crippen molar-refractivity contribution >= 4 is 57.7 Å². The number of hydrogen-bond donors (Lipinski definition) is 3. The zero-order chi connectivity index (χ0) is 38.2. The van der Waals surface area contributed by atoms with Crippen molar-refractivity contribution < 1.29 is 43.2 Å². The third-order valence-corrected chi connectivity index (χ3v) is 10.8. The van der Waals surface area contributed by atoms with Crippen molar-refractivity contribution in [3.05, 3.63) is 76.9 Å². The van der Waals surface area contributed by atoms with Gasteiger partial charge in [0.05, 0.1) is 37.3 Å². The van der Waals surface area contributed by atoms with Crippen molar-refractivity contribution in [3.63, 3.8) is 0 Å². The number of methoxy groups -OCH3 is 2. The molecule has 2 fully saturated rings. The molecule has 1 aromatic heterocycles. The van der Waals surface area contributed by atoms with E-state index in [9.17, 15) is 19.5 Å². The number of nitrogens with one attached hydrogen (secondary N) is 1. The van der Waals surface area contributed by atoms with E-state index in [2.05, 4.69) is 10.3 Å². The summed E-state index contributed by atoms with van der Waals surface area (Å²) in [7, 11) is 4.57. The Hall–Kier alpha value is -4.69. The summed E-state index contributed by atoms with van der Waals surface area (Å²) in [6, 6.07) is 12.2. The highest BCUT2D eigenvalue weighted by atomic mass is 35.5. The third kappa shape index (κ3) is 7.98. The number of fused-ring (bicyclic) bond motifs is 6. The van der Waals surface area contributed by atoms with Crippen LogP contribution < -0.4 is 20.7 Å². The van der Waals surface area contributed by atoms with Crippen LogP contribution >= 0.6 is 11.6 Å². The molecule has 0 saturated carbocycles. The van der Waals surface area contributed by atoms with Gasteiger partial charge in [-0.05, 0) is 68.3 Å². The Kier molecular flexibility index (Phi) is 10.8. The number of nitrogens with zero attached hydrogens (tertiary/aromatic N) is 2. The summed E-state index contributed by atoms with van der Waals surface area (Å²) in [5.41, 5.74) is 6.53. The summed E-state index contributed by atoms with van der Waals surface area (Å²) in [5, 5.41) is 15.5.